The lowest BCUT2D eigenvalue weighted by Gasteiger charge is -2.32. The Morgan fingerprint density at radius 3 is 2.39 bits per heavy atom. The van der Waals surface area contributed by atoms with Crippen LogP contribution in [-0.4, -0.2) is 18.0 Å². The molecule has 0 amide bonds. The first kappa shape index (κ1) is 31.3. The quantitative estimate of drug-likeness (QED) is 0.179. The van der Waals surface area contributed by atoms with Gasteiger partial charge in [0.2, 0.25) is 0 Å². The Balaban J connectivity index is 0.996. The van der Waals surface area contributed by atoms with Crippen molar-refractivity contribution in [1.29, 1.82) is 0 Å². The fourth-order valence-electron chi connectivity index (χ4n) is 8.30. The maximum atomic E-state index is 5.86. The molecule has 9 rings (SSSR count). The van der Waals surface area contributed by atoms with Gasteiger partial charge in [-0.1, -0.05) is 6.08 Å². The van der Waals surface area contributed by atoms with E-state index >= 15 is 0 Å². The van der Waals surface area contributed by atoms with Gasteiger partial charge in [0, 0.05) is 38.0 Å². The van der Waals surface area contributed by atoms with Crippen molar-refractivity contribution >= 4 is 57.7 Å². The van der Waals surface area contributed by atoms with Crippen molar-refractivity contribution in [3.8, 4) is 0 Å². The highest BCUT2D eigenvalue weighted by atomic mass is 32.1. The van der Waals surface area contributed by atoms with E-state index in [1.807, 2.05) is 28.7 Å². The Bertz CT molecular complexity index is 2120. The Hall–Kier alpha value is -3.73. The van der Waals surface area contributed by atoms with Crippen LogP contribution < -0.4 is 16.0 Å². The molecular formula is C39H42N6OS3. The van der Waals surface area contributed by atoms with Gasteiger partial charge in [0.05, 0.1) is 30.8 Å². The van der Waals surface area contributed by atoms with E-state index in [9.17, 15) is 0 Å². The molecule has 5 unspecified atom stereocenters. The second kappa shape index (κ2) is 12.2. The molecule has 2 aliphatic carbocycles. The predicted molar refractivity (Wildman–Crippen MR) is 205 cm³/mol. The van der Waals surface area contributed by atoms with Crippen LogP contribution in [0.5, 0.6) is 0 Å². The molecule has 0 saturated carbocycles. The summed E-state index contributed by atoms with van der Waals surface area (Å²) in [5, 5.41) is 17.8. The van der Waals surface area contributed by atoms with Gasteiger partial charge in [-0.3, -0.25) is 15.0 Å². The molecule has 7 nitrogen and oxygen atoms in total. The fourth-order valence-corrected chi connectivity index (χ4v) is 11.8. The number of hydrogen-bond acceptors (Lipinski definition) is 10. The first-order valence-electron chi connectivity index (χ1n) is 17.4. The lowest BCUT2D eigenvalue weighted by atomic mass is 9.88. The highest BCUT2D eigenvalue weighted by Crippen LogP contribution is 2.48. The molecule has 0 saturated heterocycles. The van der Waals surface area contributed by atoms with Crippen LogP contribution in [0.3, 0.4) is 0 Å². The molecular weight excluding hydrogens is 665 g/mol. The van der Waals surface area contributed by atoms with Crippen LogP contribution in [0.4, 0.5) is 5.69 Å². The molecule has 5 aliphatic rings. The molecule has 0 aromatic carbocycles. The highest BCUT2D eigenvalue weighted by molar-refractivity contribution is 7.11. The third-order valence-electron chi connectivity index (χ3n) is 11.3. The van der Waals surface area contributed by atoms with E-state index in [0.717, 1.165) is 48.8 Å². The topological polar surface area (TPSA) is 86.3 Å². The fraction of sp³-hybridized carbons (Fsp3) is 0.410. The minimum atomic E-state index is -0.0821. The van der Waals surface area contributed by atoms with E-state index in [1.54, 1.807) is 23.9 Å². The summed E-state index contributed by atoms with van der Waals surface area (Å²) in [6.07, 6.45) is 12.3. The Kier molecular flexibility index (Phi) is 7.81. The summed E-state index contributed by atoms with van der Waals surface area (Å²) in [7, 11) is 0. The summed E-state index contributed by atoms with van der Waals surface area (Å²) in [5.41, 5.74) is 13.5. The molecule has 4 aromatic rings. The van der Waals surface area contributed by atoms with Crippen molar-refractivity contribution in [2.45, 2.75) is 91.3 Å². The number of hydrogen-bond donors (Lipinski definition) is 3. The third-order valence-corrected chi connectivity index (χ3v) is 15.0. The van der Waals surface area contributed by atoms with E-state index in [0.29, 0.717) is 18.3 Å². The van der Waals surface area contributed by atoms with Crippen molar-refractivity contribution in [3.63, 3.8) is 0 Å². The van der Waals surface area contributed by atoms with E-state index in [4.69, 9.17) is 19.4 Å². The van der Waals surface area contributed by atoms with E-state index in [2.05, 4.69) is 72.8 Å². The summed E-state index contributed by atoms with van der Waals surface area (Å²) in [5.74, 6) is 3.75. The molecule has 0 fully saturated rings. The number of nitrogens with one attached hydrogen (secondary N) is 3. The summed E-state index contributed by atoms with van der Waals surface area (Å²) in [4.78, 5) is 19.8. The smallest absolute Gasteiger partial charge is 0.157 e. The lowest BCUT2D eigenvalue weighted by Crippen LogP contribution is -2.38. The van der Waals surface area contributed by atoms with Crippen molar-refractivity contribution in [3.05, 3.63) is 105 Å². The van der Waals surface area contributed by atoms with Gasteiger partial charge in [-0.25, -0.2) is 0 Å². The zero-order chi connectivity index (χ0) is 33.4. The summed E-state index contributed by atoms with van der Waals surface area (Å²) in [6.45, 7) is 11.2. The second-order valence-corrected chi connectivity index (χ2v) is 17.0. The van der Waals surface area contributed by atoms with E-state index in [1.165, 1.54) is 71.4 Å². The van der Waals surface area contributed by atoms with Gasteiger partial charge in [0.1, 0.15) is 23.8 Å². The van der Waals surface area contributed by atoms with E-state index in [-0.39, 0.29) is 18.1 Å². The van der Waals surface area contributed by atoms with Gasteiger partial charge in [-0.2, -0.15) is 0 Å². The number of fused-ring (bicyclic) bond motifs is 2. The summed E-state index contributed by atoms with van der Waals surface area (Å²) >= 11 is 5.55. The average molecular weight is 707 g/mol. The van der Waals surface area contributed by atoms with Gasteiger partial charge in [-0.05, 0) is 128 Å². The second-order valence-electron chi connectivity index (χ2n) is 14.3. The van der Waals surface area contributed by atoms with Crippen LogP contribution in [0.15, 0.2) is 70.9 Å². The summed E-state index contributed by atoms with van der Waals surface area (Å²) in [6, 6.07) is 2.15. The molecule has 4 aromatic heterocycles. The minimum Gasteiger partial charge on any atom is -0.464 e. The van der Waals surface area contributed by atoms with Gasteiger partial charge in [0.25, 0.3) is 0 Å². The SMILES string of the molecule is Cc1csc(C2N=C(CC3=NC(c4scc(C)c4C)C4CC(Cc5csc(C6N=CNc7ccoc76)c5C)C=C4N3)NC3=C2CCC3)c1C. The zero-order valence-electron chi connectivity index (χ0n) is 28.6. The average Bonchev–Trinajstić information content (AvgIpc) is 3.95. The Morgan fingerprint density at radius 1 is 0.837 bits per heavy atom. The van der Waals surface area contributed by atoms with Crippen LogP contribution in [0.25, 0.3) is 0 Å². The van der Waals surface area contributed by atoms with Crippen LogP contribution in [0.1, 0.15) is 104 Å². The Labute approximate surface area is 300 Å². The molecule has 49 heavy (non-hydrogen) atoms. The third kappa shape index (κ3) is 5.38. The Morgan fingerprint density at radius 2 is 1.59 bits per heavy atom. The standard InChI is InChI=1S/C39H42N6OS3/c1-19-15-47-37(21(19)3)33-26-7-6-8-28(26)42-31(44-33)14-32-43-30-13-24(12-27(30)34(45-32)38-22(4)20(2)16-48-38)11-25-17-49-39(23(25)5)35-36-29(9-10-46-36)40-18-41-35/h9-10,13,15-18,24,27,33-35H,6-8,11-12,14H2,1-5H3,(H,40,41)(H,42,44)(H,43,45). The minimum absolute atomic E-state index is 0.0821. The molecule has 7 heterocycles. The van der Waals surface area contributed by atoms with Gasteiger partial charge >= 0.3 is 0 Å². The number of furan rings is 1. The zero-order valence-corrected chi connectivity index (χ0v) is 31.1. The van der Waals surface area contributed by atoms with E-state index < -0.39 is 0 Å². The largest absolute Gasteiger partial charge is 0.464 e. The number of allylic oxidation sites excluding steroid dienone is 2. The molecule has 252 valence electrons. The molecule has 10 heteroatoms. The maximum Gasteiger partial charge on any atom is 0.157 e. The highest BCUT2D eigenvalue weighted by Gasteiger charge is 2.40. The van der Waals surface area contributed by atoms with Crippen molar-refractivity contribution in [2.75, 3.05) is 5.32 Å². The van der Waals surface area contributed by atoms with Crippen molar-refractivity contribution in [1.82, 2.24) is 10.6 Å². The molecule has 0 spiro atoms. The van der Waals surface area contributed by atoms with Crippen LogP contribution in [0.2, 0.25) is 0 Å². The summed E-state index contributed by atoms with van der Waals surface area (Å²) < 4.78 is 5.86. The normalized spacial score (nSPS) is 25.6. The molecule has 3 aliphatic heterocycles. The number of aliphatic imine (C=N–C) groups is 3. The number of rotatable bonds is 7. The first-order valence-corrected chi connectivity index (χ1v) is 20.1. The van der Waals surface area contributed by atoms with Crippen molar-refractivity contribution in [2.24, 2.45) is 26.8 Å². The van der Waals surface area contributed by atoms with Gasteiger partial charge in [-0.15, -0.1) is 34.0 Å². The maximum absolute atomic E-state index is 5.86. The number of amidine groups is 2. The van der Waals surface area contributed by atoms with Gasteiger partial charge < -0.3 is 20.4 Å². The molecule has 5 atom stereocenters. The lowest BCUT2D eigenvalue weighted by molar-refractivity contribution is 0.424. The van der Waals surface area contributed by atoms with Crippen LogP contribution in [-0.2, 0) is 6.42 Å². The first-order chi connectivity index (χ1) is 23.8. The van der Waals surface area contributed by atoms with Crippen molar-refractivity contribution < 1.29 is 4.42 Å². The van der Waals surface area contributed by atoms with Gasteiger partial charge in [0.15, 0.2) is 5.76 Å². The molecule has 3 N–H and O–H groups in total. The number of aryl methyl sites for hydroxylation is 2. The van der Waals surface area contributed by atoms with Crippen LogP contribution in [0, 0.1) is 46.5 Å². The van der Waals surface area contributed by atoms with Crippen LogP contribution >= 0.6 is 34.0 Å². The molecule has 0 bridgehead atoms. The number of nitrogens with zero attached hydrogens (tertiary/aromatic N) is 3. The monoisotopic (exact) mass is 706 g/mol. The molecule has 0 radical (unpaired) electrons. The number of thiophene rings is 3. The number of anilines is 1. The predicted octanol–water partition coefficient (Wildman–Crippen LogP) is 9.93.